The van der Waals surface area contributed by atoms with Crippen LogP contribution in [0.25, 0.3) is 0 Å². The van der Waals surface area contributed by atoms with Crippen molar-refractivity contribution in [3.63, 3.8) is 0 Å². The summed E-state index contributed by atoms with van der Waals surface area (Å²) in [6.07, 6.45) is 4.86. The van der Waals surface area contributed by atoms with E-state index in [1.54, 1.807) is 0 Å². The molecule has 0 aromatic heterocycles. The highest BCUT2D eigenvalue weighted by atomic mass is 16.1. The lowest BCUT2D eigenvalue weighted by atomic mass is 10.1. The van der Waals surface area contributed by atoms with Gasteiger partial charge < -0.3 is 10.6 Å². The average Bonchev–Trinajstić information content (AvgIpc) is 3.03. The number of carbonyl (C=O) groups excluding carboxylic acids is 1. The van der Waals surface area contributed by atoms with E-state index in [1.807, 2.05) is 12.1 Å². The van der Waals surface area contributed by atoms with Crippen molar-refractivity contribution in [3.8, 4) is 0 Å². The summed E-state index contributed by atoms with van der Waals surface area (Å²) in [5.41, 5.74) is 3.21. The molecule has 1 atom stereocenters. The second-order valence-corrected chi connectivity index (χ2v) is 5.60. The number of amides is 1. The van der Waals surface area contributed by atoms with Gasteiger partial charge in [-0.15, -0.1) is 0 Å². The van der Waals surface area contributed by atoms with E-state index >= 15 is 0 Å². The van der Waals surface area contributed by atoms with Gasteiger partial charge in [0.05, 0.1) is 0 Å². The van der Waals surface area contributed by atoms with Gasteiger partial charge in [-0.2, -0.15) is 0 Å². The Kier molecular flexibility index (Phi) is 2.98. The zero-order valence-electron chi connectivity index (χ0n) is 10.8. The molecular weight excluding hydrogens is 224 g/mol. The van der Waals surface area contributed by atoms with E-state index in [0.717, 1.165) is 36.6 Å². The van der Waals surface area contributed by atoms with Gasteiger partial charge >= 0.3 is 0 Å². The Morgan fingerprint density at radius 3 is 3.11 bits per heavy atom. The predicted molar refractivity (Wildman–Crippen MR) is 72.9 cm³/mol. The van der Waals surface area contributed by atoms with Gasteiger partial charge in [-0.25, -0.2) is 0 Å². The summed E-state index contributed by atoms with van der Waals surface area (Å²) < 4.78 is 0. The molecule has 1 aromatic rings. The topological polar surface area (TPSA) is 41.1 Å². The largest absolute Gasteiger partial charge is 0.384 e. The molecular formula is C15H20N2O. The number of fused-ring (bicyclic) bond motifs is 1. The van der Waals surface area contributed by atoms with E-state index in [0.29, 0.717) is 0 Å². The van der Waals surface area contributed by atoms with Crippen LogP contribution in [0.1, 0.15) is 42.1 Å². The lowest BCUT2D eigenvalue weighted by molar-refractivity contribution is 0.0937. The standard InChI is InChI=1S/C15H20N2O/c1-10(8-11-2-3-11)17-15(18)13-5-4-12-6-7-16-14(12)9-13/h4-5,9-11,16H,2-3,6-8H2,1H3,(H,17,18). The first-order valence-corrected chi connectivity index (χ1v) is 6.90. The summed E-state index contributed by atoms with van der Waals surface area (Å²) in [5, 5.41) is 6.40. The Balaban J connectivity index is 1.64. The van der Waals surface area contributed by atoms with Crippen LogP contribution < -0.4 is 10.6 Å². The average molecular weight is 244 g/mol. The quantitative estimate of drug-likeness (QED) is 0.854. The van der Waals surface area contributed by atoms with E-state index < -0.39 is 0 Å². The van der Waals surface area contributed by atoms with Crippen molar-refractivity contribution in [1.29, 1.82) is 0 Å². The molecule has 1 aliphatic heterocycles. The van der Waals surface area contributed by atoms with Gasteiger partial charge in [-0.05, 0) is 43.4 Å². The summed E-state index contributed by atoms with van der Waals surface area (Å²) in [6, 6.07) is 6.26. The molecule has 3 nitrogen and oxygen atoms in total. The molecule has 1 saturated carbocycles. The highest BCUT2D eigenvalue weighted by Crippen LogP contribution is 2.33. The van der Waals surface area contributed by atoms with E-state index in [4.69, 9.17) is 0 Å². The van der Waals surface area contributed by atoms with Crippen LogP contribution in [-0.4, -0.2) is 18.5 Å². The Hall–Kier alpha value is -1.51. The lowest BCUT2D eigenvalue weighted by Gasteiger charge is -2.13. The van der Waals surface area contributed by atoms with Crippen molar-refractivity contribution in [3.05, 3.63) is 29.3 Å². The van der Waals surface area contributed by atoms with Crippen LogP contribution >= 0.6 is 0 Å². The van der Waals surface area contributed by atoms with Crippen LogP contribution in [-0.2, 0) is 6.42 Å². The third kappa shape index (κ3) is 2.50. The van der Waals surface area contributed by atoms with Crippen LogP contribution in [0.4, 0.5) is 5.69 Å². The minimum atomic E-state index is 0.0552. The molecule has 1 heterocycles. The van der Waals surface area contributed by atoms with E-state index in [-0.39, 0.29) is 11.9 Å². The molecule has 1 amide bonds. The number of hydrogen-bond acceptors (Lipinski definition) is 2. The van der Waals surface area contributed by atoms with Gasteiger partial charge in [0.15, 0.2) is 0 Å². The highest BCUT2D eigenvalue weighted by Gasteiger charge is 2.24. The Bertz CT molecular complexity index is 466. The lowest BCUT2D eigenvalue weighted by Crippen LogP contribution is -2.32. The molecule has 0 saturated heterocycles. The SMILES string of the molecule is CC(CC1CC1)NC(=O)c1ccc2c(c1)NCC2. The van der Waals surface area contributed by atoms with Crippen molar-refractivity contribution < 1.29 is 4.79 Å². The fraction of sp³-hybridized carbons (Fsp3) is 0.533. The molecule has 2 aliphatic rings. The first kappa shape index (κ1) is 11.6. The number of hydrogen-bond donors (Lipinski definition) is 2. The number of benzene rings is 1. The van der Waals surface area contributed by atoms with Gasteiger partial charge in [0, 0.05) is 23.8 Å². The zero-order valence-corrected chi connectivity index (χ0v) is 10.8. The second kappa shape index (κ2) is 4.63. The minimum Gasteiger partial charge on any atom is -0.384 e. The molecule has 1 fully saturated rings. The van der Waals surface area contributed by atoms with Gasteiger partial charge in [0.2, 0.25) is 0 Å². The van der Waals surface area contributed by atoms with Gasteiger partial charge in [0.25, 0.3) is 5.91 Å². The molecule has 0 spiro atoms. The fourth-order valence-corrected chi connectivity index (χ4v) is 2.65. The number of nitrogens with one attached hydrogen (secondary N) is 2. The van der Waals surface area contributed by atoms with Crippen LogP contribution in [0.3, 0.4) is 0 Å². The summed E-state index contributed by atoms with van der Waals surface area (Å²) in [5.74, 6) is 0.904. The normalized spacial score (nSPS) is 18.9. The minimum absolute atomic E-state index is 0.0552. The first-order chi connectivity index (χ1) is 8.72. The summed E-state index contributed by atoms with van der Waals surface area (Å²) in [7, 11) is 0. The van der Waals surface area contributed by atoms with Crippen molar-refractivity contribution in [2.24, 2.45) is 5.92 Å². The van der Waals surface area contributed by atoms with E-state index in [1.165, 1.54) is 18.4 Å². The number of carbonyl (C=O) groups is 1. The molecule has 1 aliphatic carbocycles. The molecule has 3 rings (SSSR count). The third-order valence-electron chi connectivity index (χ3n) is 3.84. The summed E-state index contributed by atoms with van der Waals surface area (Å²) >= 11 is 0. The van der Waals surface area contributed by atoms with Crippen molar-refractivity contribution in [1.82, 2.24) is 5.32 Å². The van der Waals surface area contributed by atoms with Crippen LogP contribution in [0.2, 0.25) is 0 Å². The van der Waals surface area contributed by atoms with Crippen molar-refractivity contribution >= 4 is 11.6 Å². The molecule has 1 unspecified atom stereocenters. The van der Waals surface area contributed by atoms with Crippen molar-refractivity contribution in [2.45, 2.75) is 38.6 Å². The maximum atomic E-state index is 12.1. The molecule has 0 radical (unpaired) electrons. The maximum Gasteiger partial charge on any atom is 0.251 e. The van der Waals surface area contributed by atoms with Crippen LogP contribution in [0.5, 0.6) is 0 Å². The zero-order chi connectivity index (χ0) is 12.5. The molecule has 1 aromatic carbocycles. The molecule has 18 heavy (non-hydrogen) atoms. The Morgan fingerprint density at radius 1 is 1.50 bits per heavy atom. The fourth-order valence-electron chi connectivity index (χ4n) is 2.65. The third-order valence-corrected chi connectivity index (χ3v) is 3.84. The second-order valence-electron chi connectivity index (χ2n) is 5.60. The van der Waals surface area contributed by atoms with Crippen LogP contribution in [0.15, 0.2) is 18.2 Å². The molecule has 96 valence electrons. The monoisotopic (exact) mass is 244 g/mol. The van der Waals surface area contributed by atoms with Crippen molar-refractivity contribution in [2.75, 3.05) is 11.9 Å². The van der Waals surface area contributed by atoms with Gasteiger partial charge in [-0.1, -0.05) is 18.9 Å². The number of anilines is 1. The summed E-state index contributed by atoms with van der Waals surface area (Å²) in [4.78, 5) is 12.1. The van der Waals surface area contributed by atoms with Gasteiger partial charge in [-0.3, -0.25) is 4.79 Å². The highest BCUT2D eigenvalue weighted by molar-refractivity contribution is 5.95. The molecule has 3 heteroatoms. The smallest absolute Gasteiger partial charge is 0.251 e. The van der Waals surface area contributed by atoms with Gasteiger partial charge in [0.1, 0.15) is 0 Å². The van der Waals surface area contributed by atoms with Crippen LogP contribution in [0, 0.1) is 5.92 Å². The molecule has 0 bridgehead atoms. The Labute approximate surface area is 108 Å². The number of rotatable bonds is 4. The molecule has 2 N–H and O–H groups in total. The summed E-state index contributed by atoms with van der Waals surface area (Å²) in [6.45, 7) is 3.08. The van der Waals surface area contributed by atoms with E-state index in [2.05, 4.69) is 23.6 Å². The Morgan fingerprint density at radius 2 is 2.33 bits per heavy atom. The predicted octanol–water partition coefficient (Wildman–Crippen LogP) is 2.57. The van der Waals surface area contributed by atoms with E-state index in [9.17, 15) is 4.79 Å². The first-order valence-electron chi connectivity index (χ1n) is 6.90. The maximum absolute atomic E-state index is 12.1.